The first kappa shape index (κ1) is 15.8. The van der Waals surface area contributed by atoms with E-state index in [0.29, 0.717) is 5.92 Å². The van der Waals surface area contributed by atoms with Crippen LogP contribution in [0.1, 0.15) is 50.5 Å². The van der Waals surface area contributed by atoms with Gasteiger partial charge in [-0.1, -0.05) is 31.4 Å². The van der Waals surface area contributed by atoms with Gasteiger partial charge in [0.25, 0.3) is 0 Å². The molecule has 1 saturated heterocycles. The normalized spacial score (nSPS) is 30.2. The molecular formula is C19H29NO2. The Labute approximate surface area is 134 Å². The number of benzene rings is 1. The number of methoxy groups -OCH3 is 1. The molecule has 122 valence electrons. The summed E-state index contributed by atoms with van der Waals surface area (Å²) in [6.45, 7) is 3.45. The van der Waals surface area contributed by atoms with Crippen molar-refractivity contribution in [3.63, 3.8) is 0 Å². The van der Waals surface area contributed by atoms with Crippen molar-refractivity contribution in [3.8, 4) is 5.75 Å². The van der Waals surface area contributed by atoms with Gasteiger partial charge in [-0.2, -0.15) is 0 Å². The fourth-order valence-electron chi connectivity index (χ4n) is 4.18. The summed E-state index contributed by atoms with van der Waals surface area (Å²) in [4.78, 5) is 2.55. The van der Waals surface area contributed by atoms with Crippen LogP contribution in [0.4, 0.5) is 0 Å². The van der Waals surface area contributed by atoms with E-state index in [4.69, 9.17) is 4.74 Å². The number of aliphatic hydroxyl groups is 1. The van der Waals surface area contributed by atoms with Crippen molar-refractivity contribution in [2.75, 3.05) is 26.7 Å². The molecule has 3 nitrogen and oxygen atoms in total. The largest absolute Gasteiger partial charge is 0.497 e. The molecule has 1 aromatic carbocycles. The molecule has 0 aromatic heterocycles. The Morgan fingerprint density at radius 3 is 2.50 bits per heavy atom. The third-order valence-corrected chi connectivity index (χ3v) is 5.55. The molecule has 1 saturated carbocycles. The molecule has 1 aromatic rings. The van der Waals surface area contributed by atoms with Crippen LogP contribution in [-0.4, -0.2) is 36.8 Å². The summed E-state index contributed by atoms with van der Waals surface area (Å²) in [5.74, 6) is 1.21. The summed E-state index contributed by atoms with van der Waals surface area (Å²) in [5, 5.41) is 11.5. The molecule has 2 fully saturated rings. The van der Waals surface area contributed by atoms with E-state index in [9.17, 15) is 5.11 Å². The van der Waals surface area contributed by atoms with E-state index in [1.807, 2.05) is 12.1 Å². The van der Waals surface area contributed by atoms with Gasteiger partial charge in [-0.15, -0.1) is 0 Å². The van der Waals surface area contributed by atoms with Gasteiger partial charge >= 0.3 is 0 Å². The molecule has 3 heteroatoms. The Balaban J connectivity index is 1.82. The molecule has 0 bridgehead atoms. The van der Waals surface area contributed by atoms with Crippen molar-refractivity contribution in [2.24, 2.45) is 5.92 Å². The van der Waals surface area contributed by atoms with Gasteiger partial charge in [0.15, 0.2) is 0 Å². The Morgan fingerprint density at radius 2 is 1.82 bits per heavy atom. The second-order valence-electron chi connectivity index (χ2n) is 6.96. The SMILES string of the molecule is COc1ccc(C2(O)CCCCCC2CN2CCCC2)cc1. The summed E-state index contributed by atoms with van der Waals surface area (Å²) in [7, 11) is 1.69. The molecule has 2 atom stereocenters. The Kier molecular flexibility index (Phi) is 5.04. The zero-order valence-corrected chi connectivity index (χ0v) is 13.8. The first-order chi connectivity index (χ1) is 10.7. The average Bonchev–Trinajstić information content (AvgIpc) is 2.99. The molecule has 0 spiro atoms. The van der Waals surface area contributed by atoms with Gasteiger partial charge < -0.3 is 14.7 Å². The highest BCUT2D eigenvalue weighted by Crippen LogP contribution is 2.41. The third kappa shape index (κ3) is 3.31. The molecule has 1 N–H and O–H groups in total. The highest BCUT2D eigenvalue weighted by molar-refractivity contribution is 5.31. The van der Waals surface area contributed by atoms with Gasteiger partial charge in [0.1, 0.15) is 5.75 Å². The molecule has 1 aliphatic carbocycles. The van der Waals surface area contributed by atoms with Crippen LogP contribution in [0.15, 0.2) is 24.3 Å². The van der Waals surface area contributed by atoms with E-state index in [1.54, 1.807) is 7.11 Å². The maximum absolute atomic E-state index is 11.5. The van der Waals surface area contributed by atoms with Crippen molar-refractivity contribution >= 4 is 0 Å². The van der Waals surface area contributed by atoms with Crippen LogP contribution in [0, 0.1) is 5.92 Å². The monoisotopic (exact) mass is 303 g/mol. The first-order valence-electron chi connectivity index (χ1n) is 8.81. The van der Waals surface area contributed by atoms with Gasteiger partial charge in [0.2, 0.25) is 0 Å². The minimum Gasteiger partial charge on any atom is -0.497 e. The minimum atomic E-state index is -0.675. The molecule has 2 aliphatic rings. The summed E-state index contributed by atoms with van der Waals surface area (Å²) >= 11 is 0. The lowest BCUT2D eigenvalue weighted by Crippen LogP contribution is -2.41. The predicted octanol–water partition coefficient (Wildman–Crippen LogP) is 3.56. The molecule has 3 rings (SSSR count). The van der Waals surface area contributed by atoms with Gasteiger partial charge in [-0.25, -0.2) is 0 Å². The molecule has 2 unspecified atom stereocenters. The van der Waals surface area contributed by atoms with Gasteiger partial charge in [0, 0.05) is 12.5 Å². The van der Waals surface area contributed by atoms with Gasteiger partial charge in [-0.3, -0.25) is 0 Å². The predicted molar refractivity (Wildman–Crippen MR) is 89.1 cm³/mol. The van der Waals surface area contributed by atoms with Crippen molar-refractivity contribution < 1.29 is 9.84 Å². The van der Waals surface area contributed by atoms with Crippen LogP contribution in [-0.2, 0) is 5.60 Å². The Bertz CT molecular complexity index is 467. The highest BCUT2D eigenvalue weighted by atomic mass is 16.5. The fraction of sp³-hybridized carbons (Fsp3) is 0.684. The lowest BCUT2D eigenvalue weighted by Gasteiger charge is -2.38. The van der Waals surface area contributed by atoms with Crippen LogP contribution >= 0.6 is 0 Å². The zero-order valence-electron chi connectivity index (χ0n) is 13.8. The second-order valence-corrected chi connectivity index (χ2v) is 6.96. The van der Waals surface area contributed by atoms with Crippen molar-refractivity contribution in [1.82, 2.24) is 4.90 Å². The molecule has 0 radical (unpaired) electrons. The second kappa shape index (κ2) is 7.01. The molecule has 1 heterocycles. The third-order valence-electron chi connectivity index (χ3n) is 5.55. The quantitative estimate of drug-likeness (QED) is 0.863. The van der Waals surface area contributed by atoms with Crippen LogP contribution in [0.5, 0.6) is 5.75 Å². The van der Waals surface area contributed by atoms with E-state index in [1.165, 1.54) is 38.8 Å². The average molecular weight is 303 g/mol. The van der Waals surface area contributed by atoms with Crippen molar-refractivity contribution in [3.05, 3.63) is 29.8 Å². The molecule has 1 aliphatic heterocycles. The summed E-state index contributed by atoms with van der Waals surface area (Å²) in [6, 6.07) is 8.07. The number of rotatable bonds is 4. The Hall–Kier alpha value is -1.06. The smallest absolute Gasteiger partial charge is 0.118 e. The molecule has 0 amide bonds. The lowest BCUT2D eigenvalue weighted by molar-refractivity contribution is -0.0410. The van der Waals surface area contributed by atoms with Crippen molar-refractivity contribution in [2.45, 2.75) is 50.5 Å². The number of hydrogen-bond donors (Lipinski definition) is 1. The van der Waals surface area contributed by atoms with E-state index in [0.717, 1.165) is 37.1 Å². The van der Waals surface area contributed by atoms with E-state index < -0.39 is 5.60 Å². The maximum Gasteiger partial charge on any atom is 0.118 e. The van der Waals surface area contributed by atoms with Crippen LogP contribution < -0.4 is 4.74 Å². The van der Waals surface area contributed by atoms with E-state index in [2.05, 4.69) is 17.0 Å². The van der Waals surface area contributed by atoms with Gasteiger partial charge in [-0.05, 0) is 56.5 Å². The summed E-state index contributed by atoms with van der Waals surface area (Å²) < 4.78 is 5.26. The minimum absolute atomic E-state index is 0.349. The Morgan fingerprint density at radius 1 is 1.09 bits per heavy atom. The number of likely N-dealkylation sites (tertiary alicyclic amines) is 1. The standard InChI is InChI=1S/C19H29NO2/c1-22-18-10-8-16(9-11-18)19(21)12-4-2-3-7-17(19)15-20-13-5-6-14-20/h8-11,17,21H,2-7,12-15H2,1H3. The fourth-order valence-corrected chi connectivity index (χ4v) is 4.18. The van der Waals surface area contributed by atoms with Crippen LogP contribution in [0.2, 0.25) is 0 Å². The summed E-state index contributed by atoms with van der Waals surface area (Å²) in [5.41, 5.74) is 0.394. The maximum atomic E-state index is 11.5. The van der Waals surface area contributed by atoms with E-state index in [-0.39, 0.29) is 0 Å². The summed E-state index contributed by atoms with van der Waals surface area (Å²) in [6.07, 6.45) is 8.27. The van der Waals surface area contributed by atoms with Crippen LogP contribution in [0.3, 0.4) is 0 Å². The molecular weight excluding hydrogens is 274 g/mol. The first-order valence-corrected chi connectivity index (χ1v) is 8.81. The van der Waals surface area contributed by atoms with E-state index >= 15 is 0 Å². The number of ether oxygens (including phenoxy) is 1. The number of hydrogen-bond acceptors (Lipinski definition) is 3. The zero-order chi connectivity index (χ0) is 15.4. The van der Waals surface area contributed by atoms with Crippen LogP contribution in [0.25, 0.3) is 0 Å². The molecule has 22 heavy (non-hydrogen) atoms. The number of nitrogens with zero attached hydrogens (tertiary/aromatic N) is 1. The van der Waals surface area contributed by atoms with Crippen molar-refractivity contribution in [1.29, 1.82) is 0 Å². The van der Waals surface area contributed by atoms with Gasteiger partial charge in [0.05, 0.1) is 12.7 Å². The topological polar surface area (TPSA) is 32.7 Å². The lowest BCUT2D eigenvalue weighted by atomic mass is 9.77. The highest BCUT2D eigenvalue weighted by Gasteiger charge is 2.40.